The van der Waals surface area contributed by atoms with Crippen LogP contribution in [0.2, 0.25) is 0 Å². The van der Waals surface area contributed by atoms with Crippen molar-refractivity contribution >= 4 is 16.9 Å². The number of likely N-dealkylation sites (N-methyl/N-ethyl adjacent to an activating group) is 1. The van der Waals surface area contributed by atoms with Gasteiger partial charge in [-0.2, -0.15) is 0 Å². The zero-order valence-electron chi connectivity index (χ0n) is 13.6. The number of carbonyl (C=O) groups is 1. The van der Waals surface area contributed by atoms with Crippen molar-refractivity contribution in [1.29, 1.82) is 0 Å². The molecular weight excluding hydrogens is 325 g/mol. The molecule has 0 atom stereocenters. The molecule has 0 aliphatic carbocycles. The summed E-state index contributed by atoms with van der Waals surface area (Å²) in [5.41, 5.74) is 0.107. The van der Waals surface area contributed by atoms with E-state index in [9.17, 15) is 14.0 Å². The van der Waals surface area contributed by atoms with Crippen molar-refractivity contribution in [1.82, 2.24) is 4.90 Å². The van der Waals surface area contributed by atoms with Gasteiger partial charge in [0, 0.05) is 13.1 Å². The maximum absolute atomic E-state index is 12.8. The summed E-state index contributed by atoms with van der Waals surface area (Å²) in [7, 11) is 1.59. The van der Waals surface area contributed by atoms with Gasteiger partial charge in [0.2, 0.25) is 0 Å². The Hall–Kier alpha value is -3.15. The summed E-state index contributed by atoms with van der Waals surface area (Å²) in [6.45, 7) is 0.512. The van der Waals surface area contributed by atoms with Gasteiger partial charge in [-0.3, -0.25) is 9.59 Å². The molecule has 0 radical (unpaired) electrons. The lowest BCUT2D eigenvalue weighted by Crippen LogP contribution is -2.31. The van der Waals surface area contributed by atoms with E-state index < -0.39 is 5.91 Å². The molecule has 1 heterocycles. The summed E-state index contributed by atoms with van der Waals surface area (Å²) >= 11 is 0. The van der Waals surface area contributed by atoms with E-state index >= 15 is 0 Å². The standard InChI is InChI=1S/C19H16FNO4/c1-21(10-11-24-14-8-6-13(20)7-9-14)19(23)18-12-16(22)15-4-2-3-5-17(15)25-18/h2-9,12H,10-11H2,1H3. The predicted octanol–water partition coefficient (Wildman–Crippen LogP) is 3.08. The van der Waals surface area contributed by atoms with Crippen molar-refractivity contribution in [3.8, 4) is 5.75 Å². The molecule has 2 aromatic carbocycles. The first-order valence-corrected chi connectivity index (χ1v) is 7.71. The van der Waals surface area contributed by atoms with Crippen LogP contribution in [0.25, 0.3) is 11.0 Å². The molecule has 0 fully saturated rings. The number of halogens is 1. The van der Waals surface area contributed by atoms with Crippen LogP contribution in [0.5, 0.6) is 5.75 Å². The highest BCUT2D eigenvalue weighted by molar-refractivity contribution is 5.93. The molecule has 0 aliphatic heterocycles. The normalized spacial score (nSPS) is 10.6. The number of amides is 1. The van der Waals surface area contributed by atoms with Gasteiger partial charge in [0.15, 0.2) is 11.2 Å². The summed E-state index contributed by atoms with van der Waals surface area (Å²) in [4.78, 5) is 25.9. The van der Waals surface area contributed by atoms with Gasteiger partial charge in [-0.15, -0.1) is 0 Å². The SMILES string of the molecule is CN(CCOc1ccc(F)cc1)C(=O)c1cc(=O)c2ccccc2o1. The van der Waals surface area contributed by atoms with Crippen LogP contribution in [0.15, 0.2) is 63.8 Å². The monoisotopic (exact) mass is 341 g/mol. The number of benzene rings is 2. The molecule has 0 aliphatic rings. The van der Waals surface area contributed by atoms with E-state index in [-0.39, 0.29) is 30.2 Å². The van der Waals surface area contributed by atoms with Crippen LogP contribution in [-0.4, -0.2) is 31.0 Å². The summed E-state index contributed by atoms with van der Waals surface area (Å²) in [5, 5.41) is 0.432. The molecule has 25 heavy (non-hydrogen) atoms. The average molecular weight is 341 g/mol. The van der Waals surface area contributed by atoms with Gasteiger partial charge in [-0.05, 0) is 36.4 Å². The molecule has 3 aromatic rings. The Morgan fingerprint density at radius 1 is 1.16 bits per heavy atom. The van der Waals surface area contributed by atoms with Crippen LogP contribution in [0.1, 0.15) is 10.6 Å². The molecule has 1 aromatic heterocycles. The number of carbonyl (C=O) groups excluding carboxylic acids is 1. The van der Waals surface area contributed by atoms with E-state index in [1.165, 1.54) is 35.2 Å². The van der Waals surface area contributed by atoms with Crippen molar-refractivity contribution in [2.75, 3.05) is 20.2 Å². The lowest BCUT2D eigenvalue weighted by atomic mass is 10.2. The molecule has 5 nitrogen and oxygen atoms in total. The minimum Gasteiger partial charge on any atom is -0.492 e. The van der Waals surface area contributed by atoms with E-state index in [4.69, 9.17) is 9.15 Å². The third kappa shape index (κ3) is 3.85. The van der Waals surface area contributed by atoms with Crippen LogP contribution >= 0.6 is 0 Å². The first-order valence-electron chi connectivity index (χ1n) is 7.71. The van der Waals surface area contributed by atoms with E-state index in [1.54, 1.807) is 31.3 Å². The lowest BCUT2D eigenvalue weighted by Gasteiger charge is -2.17. The van der Waals surface area contributed by atoms with E-state index in [2.05, 4.69) is 0 Å². The molecule has 0 saturated carbocycles. The van der Waals surface area contributed by atoms with Gasteiger partial charge >= 0.3 is 0 Å². The number of hydrogen-bond donors (Lipinski definition) is 0. The average Bonchev–Trinajstić information content (AvgIpc) is 2.62. The van der Waals surface area contributed by atoms with Crippen molar-refractivity contribution in [3.63, 3.8) is 0 Å². The molecule has 0 saturated heterocycles. The number of nitrogens with zero attached hydrogens (tertiary/aromatic N) is 1. The fourth-order valence-electron chi connectivity index (χ4n) is 2.33. The molecule has 128 valence electrons. The van der Waals surface area contributed by atoms with Crippen molar-refractivity contribution in [2.45, 2.75) is 0 Å². The molecule has 0 spiro atoms. The third-order valence-electron chi connectivity index (χ3n) is 3.70. The zero-order chi connectivity index (χ0) is 17.8. The Kier molecular flexibility index (Phi) is 4.79. The molecule has 0 unspecified atom stereocenters. The van der Waals surface area contributed by atoms with Crippen LogP contribution in [0, 0.1) is 5.82 Å². The Morgan fingerprint density at radius 3 is 2.64 bits per heavy atom. The number of fused-ring (bicyclic) bond motifs is 1. The highest BCUT2D eigenvalue weighted by atomic mass is 19.1. The predicted molar refractivity (Wildman–Crippen MR) is 91.3 cm³/mol. The highest BCUT2D eigenvalue weighted by Crippen LogP contribution is 2.13. The fourth-order valence-corrected chi connectivity index (χ4v) is 2.33. The fraction of sp³-hybridized carbons (Fsp3) is 0.158. The van der Waals surface area contributed by atoms with Gasteiger partial charge < -0.3 is 14.1 Å². The number of para-hydroxylation sites is 1. The molecule has 0 N–H and O–H groups in total. The van der Waals surface area contributed by atoms with Crippen LogP contribution in [-0.2, 0) is 0 Å². The van der Waals surface area contributed by atoms with Crippen molar-refractivity contribution in [3.05, 3.63) is 76.4 Å². The van der Waals surface area contributed by atoms with E-state index in [1.807, 2.05) is 0 Å². The molecule has 0 bridgehead atoms. The first kappa shape index (κ1) is 16.7. The molecular formula is C19H16FNO4. The van der Waals surface area contributed by atoms with E-state index in [0.717, 1.165) is 0 Å². The first-order chi connectivity index (χ1) is 12.0. The molecule has 1 amide bonds. The summed E-state index contributed by atoms with van der Waals surface area (Å²) in [5.74, 6) is -0.260. The Balaban J connectivity index is 1.66. The summed E-state index contributed by atoms with van der Waals surface area (Å²) in [6, 6.07) is 13.6. The summed E-state index contributed by atoms with van der Waals surface area (Å²) in [6.07, 6.45) is 0. The van der Waals surface area contributed by atoms with Crippen molar-refractivity contribution in [2.24, 2.45) is 0 Å². The van der Waals surface area contributed by atoms with Gasteiger partial charge in [0.1, 0.15) is 23.8 Å². The lowest BCUT2D eigenvalue weighted by molar-refractivity contribution is 0.0743. The molecule has 3 rings (SSSR count). The number of hydrogen-bond acceptors (Lipinski definition) is 4. The van der Waals surface area contributed by atoms with Gasteiger partial charge in [-0.25, -0.2) is 4.39 Å². The quantitative estimate of drug-likeness (QED) is 0.715. The van der Waals surface area contributed by atoms with Gasteiger partial charge in [-0.1, -0.05) is 12.1 Å². The number of rotatable bonds is 5. The summed E-state index contributed by atoms with van der Waals surface area (Å²) < 4.78 is 23.8. The minimum atomic E-state index is -0.412. The Bertz CT molecular complexity index is 950. The minimum absolute atomic E-state index is 0.0204. The third-order valence-corrected chi connectivity index (χ3v) is 3.70. The second-order valence-corrected chi connectivity index (χ2v) is 5.50. The maximum Gasteiger partial charge on any atom is 0.289 e. The largest absolute Gasteiger partial charge is 0.492 e. The van der Waals surface area contributed by atoms with Crippen LogP contribution in [0.3, 0.4) is 0 Å². The Morgan fingerprint density at radius 2 is 1.88 bits per heavy atom. The number of ether oxygens (including phenoxy) is 1. The zero-order valence-corrected chi connectivity index (χ0v) is 13.6. The second-order valence-electron chi connectivity index (χ2n) is 5.50. The van der Waals surface area contributed by atoms with Crippen LogP contribution < -0.4 is 10.2 Å². The molecule has 6 heteroatoms. The smallest absolute Gasteiger partial charge is 0.289 e. The van der Waals surface area contributed by atoms with Crippen LogP contribution in [0.4, 0.5) is 4.39 Å². The van der Waals surface area contributed by atoms with E-state index in [0.29, 0.717) is 16.7 Å². The van der Waals surface area contributed by atoms with Crippen molar-refractivity contribution < 1.29 is 18.3 Å². The Labute approximate surface area is 143 Å². The second kappa shape index (κ2) is 7.17. The topological polar surface area (TPSA) is 59.8 Å². The highest BCUT2D eigenvalue weighted by Gasteiger charge is 2.16. The van der Waals surface area contributed by atoms with Gasteiger partial charge in [0.05, 0.1) is 11.9 Å². The maximum atomic E-state index is 12.8. The van der Waals surface area contributed by atoms with Gasteiger partial charge in [0.25, 0.3) is 5.91 Å².